The molecule has 0 saturated heterocycles. The number of ether oxygens (including phenoxy) is 2. The van der Waals surface area contributed by atoms with Gasteiger partial charge in [0.2, 0.25) is 5.88 Å². The second kappa shape index (κ2) is 7.77. The monoisotopic (exact) mass is 422 g/mol. The van der Waals surface area contributed by atoms with Crippen molar-refractivity contribution >= 4 is 11.0 Å². The zero-order valence-corrected chi connectivity index (χ0v) is 17.8. The van der Waals surface area contributed by atoms with Crippen molar-refractivity contribution in [2.24, 2.45) is 0 Å². The summed E-state index contributed by atoms with van der Waals surface area (Å²) in [6.07, 6.45) is -5.65. The number of aromatic nitrogens is 4. The van der Waals surface area contributed by atoms with Gasteiger partial charge in [-0.15, -0.1) is 0 Å². The second-order valence-electron chi connectivity index (χ2n) is 8.15. The van der Waals surface area contributed by atoms with Crippen molar-refractivity contribution in [3.63, 3.8) is 0 Å². The van der Waals surface area contributed by atoms with Crippen LogP contribution in [0, 0.1) is 0 Å². The molecule has 0 aliphatic heterocycles. The lowest BCUT2D eigenvalue weighted by molar-refractivity contribution is -0.127. The maximum Gasteiger partial charge on any atom is 0.394 e. The predicted molar refractivity (Wildman–Crippen MR) is 107 cm³/mol. The minimum Gasteiger partial charge on any atom is -0.480 e. The van der Waals surface area contributed by atoms with Crippen molar-refractivity contribution in [2.45, 2.75) is 51.7 Å². The Morgan fingerprint density at radius 2 is 1.63 bits per heavy atom. The van der Waals surface area contributed by atoms with Crippen LogP contribution in [0.5, 0.6) is 11.9 Å². The Morgan fingerprint density at radius 1 is 1.00 bits per heavy atom. The van der Waals surface area contributed by atoms with E-state index in [4.69, 9.17) is 9.47 Å². The van der Waals surface area contributed by atoms with Gasteiger partial charge in [0.1, 0.15) is 5.39 Å². The Balaban J connectivity index is 2.16. The first-order chi connectivity index (χ1) is 13.9. The molecule has 6 nitrogen and oxygen atoms in total. The average Bonchev–Trinajstić information content (AvgIpc) is 3.02. The van der Waals surface area contributed by atoms with E-state index >= 15 is 0 Å². The maximum atomic E-state index is 13.2. The Bertz CT molecular complexity index is 1040. The molecule has 0 spiro atoms. The number of benzene rings is 1. The summed E-state index contributed by atoms with van der Waals surface area (Å²) in [5.41, 5.74) is 2.09. The molecule has 3 rings (SSSR count). The van der Waals surface area contributed by atoms with Gasteiger partial charge in [-0.25, -0.2) is 4.68 Å². The highest BCUT2D eigenvalue weighted by molar-refractivity contribution is 5.84. The maximum absolute atomic E-state index is 13.2. The molecule has 1 aromatic carbocycles. The van der Waals surface area contributed by atoms with E-state index in [2.05, 4.69) is 35.8 Å². The van der Waals surface area contributed by atoms with Crippen LogP contribution in [0.4, 0.5) is 13.2 Å². The van der Waals surface area contributed by atoms with Gasteiger partial charge in [0.25, 0.3) is 0 Å². The predicted octanol–water partition coefficient (Wildman–Crippen LogP) is 4.86. The molecule has 2 aromatic heterocycles. The summed E-state index contributed by atoms with van der Waals surface area (Å²) in [5.74, 6) is -0.00219. The summed E-state index contributed by atoms with van der Waals surface area (Å²) in [7, 11) is 2.72. The molecule has 3 aromatic rings. The Labute approximate surface area is 173 Å². The van der Waals surface area contributed by atoms with Crippen molar-refractivity contribution in [3.05, 3.63) is 41.1 Å². The molecule has 0 aliphatic rings. The third-order valence-electron chi connectivity index (χ3n) is 4.94. The van der Waals surface area contributed by atoms with Gasteiger partial charge in [0.15, 0.2) is 5.65 Å². The van der Waals surface area contributed by atoms with Crippen LogP contribution in [0.2, 0.25) is 0 Å². The quantitative estimate of drug-likeness (QED) is 0.588. The summed E-state index contributed by atoms with van der Waals surface area (Å²) in [6.45, 7) is 8.21. The van der Waals surface area contributed by atoms with E-state index in [1.54, 1.807) is 0 Å². The molecule has 0 amide bonds. The molecule has 1 unspecified atom stereocenters. The van der Waals surface area contributed by atoms with Crippen LogP contribution in [0.15, 0.2) is 24.3 Å². The molecule has 0 fully saturated rings. The molecule has 0 bridgehead atoms. The van der Waals surface area contributed by atoms with Crippen LogP contribution in [0.3, 0.4) is 0 Å². The van der Waals surface area contributed by atoms with Gasteiger partial charge in [0, 0.05) is 0 Å². The van der Waals surface area contributed by atoms with Gasteiger partial charge in [-0.05, 0) is 23.5 Å². The summed E-state index contributed by atoms with van der Waals surface area (Å²) in [5, 5.41) is 4.40. The number of hydrogen-bond donors (Lipinski definition) is 0. The van der Waals surface area contributed by atoms with Gasteiger partial charge in [-0.3, -0.25) is 0 Å². The van der Waals surface area contributed by atoms with E-state index in [1.807, 2.05) is 31.2 Å². The highest BCUT2D eigenvalue weighted by atomic mass is 19.4. The third-order valence-corrected chi connectivity index (χ3v) is 4.94. The number of fused-ring (bicyclic) bond motifs is 1. The fraction of sp³-hybridized carbons (Fsp3) is 0.476. The summed E-state index contributed by atoms with van der Waals surface area (Å²) < 4.78 is 51.3. The Kier molecular flexibility index (Phi) is 5.66. The molecule has 30 heavy (non-hydrogen) atoms. The first-order valence-corrected chi connectivity index (χ1v) is 9.49. The highest BCUT2D eigenvalue weighted by Crippen LogP contribution is 2.34. The smallest absolute Gasteiger partial charge is 0.394 e. The van der Waals surface area contributed by atoms with Gasteiger partial charge in [0.05, 0.1) is 32.4 Å². The second-order valence-corrected chi connectivity index (χ2v) is 8.15. The van der Waals surface area contributed by atoms with Crippen molar-refractivity contribution in [2.75, 3.05) is 14.2 Å². The van der Waals surface area contributed by atoms with Crippen LogP contribution in [0.1, 0.15) is 50.6 Å². The first kappa shape index (κ1) is 21.9. The fourth-order valence-electron chi connectivity index (χ4n) is 3.28. The van der Waals surface area contributed by atoms with Crippen LogP contribution >= 0.6 is 0 Å². The molecular formula is C21H25F3N4O2. The lowest BCUT2D eigenvalue weighted by Gasteiger charge is -2.20. The lowest BCUT2D eigenvalue weighted by atomic mass is 9.86. The normalized spacial score (nSPS) is 13.5. The number of alkyl halides is 3. The van der Waals surface area contributed by atoms with Gasteiger partial charge in [-0.1, -0.05) is 45.0 Å². The molecule has 162 valence electrons. The van der Waals surface area contributed by atoms with Crippen LogP contribution in [0.25, 0.3) is 11.0 Å². The third kappa shape index (κ3) is 4.34. The van der Waals surface area contributed by atoms with Crippen molar-refractivity contribution in [1.82, 2.24) is 19.7 Å². The first-order valence-electron chi connectivity index (χ1n) is 9.49. The number of hydrogen-bond acceptors (Lipinski definition) is 5. The topological polar surface area (TPSA) is 62.1 Å². The van der Waals surface area contributed by atoms with E-state index in [-0.39, 0.29) is 40.1 Å². The summed E-state index contributed by atoms with van der Waals surface area (Å²) in [6, 6.07) is 7.58. The molecule has 0 saturated carbocycles. The van der Waals surface area contributed by atoms with Gasteiger partial charge in [-0.2, -0.15) is 28.2 Å². The average molecular weight is 422 g/mol. The van der Waals surface area contributed by atoms with E-state index < -0.39 is 12.6 Å². The number of rotatable bonds is 5. The molecule has 2 heterocycles. The zero-order valence-electron chi connectivity index (χ0n) is 17.8. The van der Waals surface area contributed by atoms with Crippen LogP contribution < -0.4 is 9.47 Å². The standard InChI is InChI=1S/C21H25F3N4O2/c1-12(13-7-9-14(10-8-13)20(2,3)4)28-17-16(15(27-28)11-21(22,23)24)18(29-5)26-19(25-17)30-6/h7-10,12H,11H2,1-6H3. The number of methoxy groups -OCH3 is 2. The lowest BCUT2D eigenvalue weighted by Crippen LogP contribution is -2.14. The minimum atomic E-state index is -4.44. The summed E-state index contributed by atoms with van der Waals surface area (Å²) >= 11 is 0. The molecule has 9 heteroatoms. The molecule has 0 radical (unpaired) electrons. The van der Waals surface area contributed by atoms with E-state index in [9.17, 15) is 13.2 Å². The Morgan fingerprint density at radius 3 is 2.13 bits per heavy atom. The van der Waals surface area contributed by atoms with Gasteiger partial charge < -0.3 is 9.47 Å². The molecule has 0 N–H and O–H groups in total. The van der Waals surface area contributed by atoms with Gasteiger partial charge >= 0.3 is 12.2 Å². The van der Waals surface area contributed by atoms with Crippen molar-refractivity contribution < 1.29 is 22.6 Å². The van der Waals surface area contributed by atoms with E-state index in [0.717, 1.165) is 11.1 Å². The SMILES string of the molecule is COc1nc(OC)c2c(CC(F)(F)F)nn(C(C)c3ccc(C(C)(C)C)cc3)c2n1. The zero-order chi connectivity index (χ0) is 22.3. The number of nitrogens with zero attached hydrogens (tertiary/aromatic N) is 4. The van der Waals surface area contributed by atoms with E-state index in [0.29, 0.717) is 0 Å². The van der Waals surface area contributed by atoms with Crippen molar-refractivity contribution in [3.8, 4) is 11.9 Å². The highest BCUT2D eigenvalue weighted by Gasteiger charge is 2.33. The number of halogens is 3. The molecule has 0 aliphatic carbocycles. The Hall–Kier alpha value is -2.84. The van der Waals surface area contributed by atoms with Crippen LogP contribution in [-0.2, 0) is 11.8 Å². The largest absolute Gasteiger partial charge is 0.480 e. The van der Waals surface area contributed by atoms with Crippen LogP contribution in [-0.4, -0.2) is 40.1 Å². The fourth-order valence-corrected chi connectivity index (χ4v) is 3.28. The van der Waals surface area contributed by atoms with Crippen molar-refractivity contribution in [1.29, 1.82) is 0 Å². The summed E-state index contributed by atoms with van der Waals surface area (Å²) in [4.78, 5) is 8.31. The minimum absolute atomic E-state index is 0.00219. The molecular weight excluding hydrogens is 397 g/mol. The molecule has 1 atom stereocenters. The van der Waals surface area contributed by atoms with E-state index in [1.165, 1.54) is 18.9 Å².